The van der Waals surface area contributed by atoms with Crippen LogP contribution < -0.4 is 5.32 Å². The molecule has 1 nitrogen and oxygen atoms in total. The fraction of sp³-hybridized carbons (Fsp3) is 0.833. The summed E-state index contributed by atoms with van der Waals surface area (Å²) in [7, 11) is 0. The molecule has 0 saturated heterocycles. The van der Waals surface area contributed by atoms with Gasteiger partial charge in [-0.1, -0.05) is 25.0 Å². The van der Waals surface area contributed by atoms with Crippen LogP contribution >= 0.6 is 11.8 Å². The Hall–Kier alpha value is 0.0500. The van der Waals surface area contributed by atoms with E-state index in [1.165, 1.54) is 32.1 Å². The number of hydrogen-bond donors (Lipinski definition) is 1. The Bertz CT molecular complexity index is 168. The molecule has 0 amide bonds. The van der Waals surface area contributed by atoms with Crippen LogP contribution in [0, 0.1) is 0 Å². The second-order valence-corrected chi connectivity index (χ2v) is 5.05. The van der Waals surface area contributed by atoms with Crippen molar-refractivity contribution in [2.75, 3.05) is 12.8 Å². The highest BCUT2D eigenvalue weighted by Crippen LogP contribution is 2.26. The number of rotatable bonds is 5. The first kappa shape index (κ1) is 12.1. The molecule has 0 aromatic heterocycles. The van der Waals surface area contributed by atoms with Crippen LogP contribution in [0.5, 0.6) is 0 Å². The van der Waals surface area contributed by atoms with Crippen LogP contribution in [0.4, 0.5) is 0 Å². The van der Waals surface area contributed by atoms with Crippen molar-refractivity contribution in [1.82, 2.24) is 5.32 Å². The fourth-order valence-corrected chi connectivity index (χ4v) is 3.09. The largest absolute Gasteiger partial charge is 0.313 e. The molecule has 0 aromatic carbocycles. The highest BCUT2D eigenvalue weighted by atomic mass is 32.2. The van der Waals surface area contributed by atoms with Crippen LogP contribution in [0.25, 0.3) is 0 Å². The lowest BCUT2D eigenvalue weighted by atomic mass is 9.95. The molecule has 0 spiro atoms. The molecule has 0 bridgehead atoms. The van der Waals surface area contributed by atoms with Crippen molar-refractivity contribution in [3.05, 3.63) is 12.2 Å². The SMILES string of the molecule is C/C=C/CCNC1CCCCC1SC. The molecule has 1 aliphatic carbocycles. The maximum atomic E-state index is 3.69. The first-order valence-electron chi connectivity index (χ1n) is 5.75. The number of allylic oxidation sites excluding steroid dienone is 1. The lowest BCUT2D eigenvalue weighted by Crippen LogP contribution is -2.40. The lowest BCUT2D eigenvalue weighted by Gasteiger charge is -2.31. The molecular formula is C12H23NS. The van der Waals surface area contributed by atoms with Gasteiger partial charge in [-0.25, -0.2) is 0 Å². The zero-order valence-corrected chi connectivity index (χ0v) is 10.3. The molecule has 0 aromatic rings. The standard InChI is InChI=1S/C12H23NS/c1-3-4-7-10-13-11-8-5-6-9-12(11)14-2/h3-4,11-13H,5-10H2,1-2H3/b4-3+. The maximum Gasteiger partial charge on any atom is 0.0198 e. The summed E-state index contributed by atoms with van der Waals surface area (Å²) in [5.41, 5.74) is 0. The first-order valence-corrected chi connectivity index (χ1v) is 7.04. The Labute approximate surface area is 92.7 Å². The zero-order chi connectivity index (χ0) is 10.2. The second kappa shape index (κ2) is 7.36. The molecule has 14 heavy (non-hydrogen) atoms. The topological polar surface area (TPSA) is 12.0 Å². The molecule has 0 heterocycles. The van der Waals surface area contributed by atoms with E-state index in [-0.39, 0.29) is 0 Å². The van der Waals surface area contributed by atoms with E-state index in [0.29, 0.717) is 0 Å². The minimum atomic E-state index is 0.768. The summed E-state index contributed by atoms with van der Waals surface area (Å²) in [4.78, 5) is 0. The van der Waals surface area contributed by atoms with E-state index in [4.69, 9.17) is 0 Å². The highest BCUT2D eigenvalue weighted by Gasteiger charge is 2.22. The van der Waals surface area contributed by atoms with Crippen molar-refractivity contribution in [3.8, 4) is 0 Å². The second-order valence-electron chi connectivity index (χ2n) is 3.98. The smallest absolute Gasteiger partial charge is 0.0198 e. The minimum Gasteiger partial charge on any atom is -0.313 e. The summed E-state index contributed by atoms with van der Waals surface area (Å²) in [5, 5.41) is 4.54. The van der Waals surface area contributed by atoms with Gasteiger partial charge in [-0.2, -0.15) is 11.8 Å². The predicted octanol–water partition coefficient (Wildman–Crippen LogP) is 3.22. The summed E-state index contributed by atoms with van der Waals surface area (Å²) >= 11 is 2.04. The van der Waals surface area contributed by atoms with Gasteiger partial charge in [0.25, 0.3) is 0 Å². The summed E-state index contributed by atoms with van der Waals surface area (Å²) in [6.07, 6.45) is 13.4. The van der Waals surface area contributed by atoms with E-state index < -0.39 is 0 Å². The molecule has 0 aliphatic heterocycles. The van der Waals surface area contributed by atoms with Crippen molar-refractivity contribution < 1.29 is 0 Å². The van der Waals surface area contributed by atoms with E-state index in [2.05, 4.69) is 30.6 Å². The molecule has 2 heteroatoms. The quantitative estimate of drug-likeness (QED) is 0.556. The molecule has 2 atom stereocenters. The molecule has 82 valence electrons. The molecule has 1 rings (SSSR count). The van der Waals surface area contributed by atoms with Gasteiger partial charge in [0.15, 0.2) is 0 Å². The molecule has 1 fully saturated rings. The zero-order valence-electron chi connectivity index (χ0n) is 9.46. The minimum absolute atomic E-state index is 0.768. The van der Waals surface area contributed by atoms with Crippen molar-refractivity contribution >= 4 is 11.8 Å². The maximum absolute atomic E-state index is 3.69. The van der Waals surface area contributed by atoms with Crippen molar-refractivity contribution in [3.63, 3.8) is 0 Å². The van der Waals surface area contributed by atoms with Crippen molar-refractivity contribution in [1.29, 1.82) is 0 Å². The van der Waals surface area contributed by atoms with Crippen molar-refractivity contribution in [2.24, 2.45) is 0 Å². The van der Waals surface area contributed by atoms with Crippen molar-refractivity contribution in [2.45, 2.75) is 50.3 Å². The van der Waals surface area contributed by atoms with E-state index >= 15 is 0 Å². The third-order valence-corrected chi connectivity index (χ3v) is 4.13. The van der Waals surface area contributed by atoms with Crippen LogP contribution in [0.2, 0.25) is 0 Å². The van der Waals surface area contributed by atoms with Gasteiger partial charge in [0.05, 0.1) is 0 Å². The third kappa shape index (κ3) is 4.05. The Morgan fingerprint density at radius 2 is 2.14 bits per heavy atom. The van der Waals surface area contributed by atoms with Crippen LogP contribution in [0.3, 0.4) is 0 Å². The predicted molar refractivity (Wildman–Crippen MR) is 67.0 cm³/mol. The number of hydrogen-bond acceptors (Lipinski definition) is 2. The van der Waals surface area contributed by atoms with E-state index in [9.17, 15) is 0 Å². The van der Waals surface area contributed by atoms with E-state index in [1.54, 1.807) is 0 Å². The van der Waals surface area contributed by atoms with Gasteiger partial charge in [0.1, 0.15) is 0 Å². The van der Waals surface area contributed by atoms with Gasteiger partial charge < -0.3 is 5.32 Å². The molecule has 0 radical (unpaired) electrons. The Balaban J connectivity index is 2.19. The molecule has 1 aliphatic rings. The normalized spacial score (nSPS) is 28.4. The molecule has 1 saturated carbocycles. The van der Waals surface area contributed by atoms with E-state index in [1.807, 2.05) is 11.8 Å². The lowest BCUT2D eigenvalue weighted by molar-refractivity contribution is 0.387. The third-order valence-electron chi connectivity index (χ3n) is 2.96. The average molecular weight is 213 g/mol. The first-order chi connectivity index (χ1) is 6.88. The van der Waals surface area contributed by atoms with Gasteiger partial charge in [-0.05, 0) is 39.0 Å². The fourth-order valence-electron chi connectivity index (χ4n) is 2.13. The number of thioether (sulfide) groups is 1. The van der Waals surface area contributed by atoms with E-state index in [0.717, 1.165) is 17.8 Å². The van der Waals surface area contributed by atoms with Crippen LogP contribution in [0.15, 0.2) is 12.2 Å². The molecule has 1 N–H and O–H groups in total. The van der Waals surface area contributed by atoms with Gasteiger partial charge in [-0.15, -0.1) is 0 Å². The van der Waals surface area contributed by atoms with Crippen LogP contribution in [-0.2, 0) is 0 Å². The molecular weight excluding hydrogens is 190 g/mol. The van der Waals surface area contributed by atoms with Gasteiger partial charge in [0, 0.05) is 11.3 Å². The Morgan fingerprint density at radius 1 is 1.36 bits per heavy atom. The Morgan fingerprint density at radius 3 is 2.86 bits per heavy atom. The summed E-state index contributed by atoms with van der Waals surface area (Å²) in [5.74, 6) is 0. The van der Waals surface area contributed by atoms with Crippen LogP contribution in [-0.4, -0.2) is 24.1 Å². The summed E-state index contributed by atoms with van der Waals surface area (Å²) in [6.45, 7) is 3.23. The number of nitrogens with one attached hydrogen (secondary N) is 1. The monoisotopic (exact) mass is 213 g/mol. The summed E-state index contributed by atoms with van der Waals surface area (Å²) in [6, 6.07) is 0.768. The highest BCUT2D eigenvalue weighted by molar-refractivity contribution is 7.99. The molecule has 2 unspecified atom stereocenters. The summed E-state index contributed by atoms with van der Waals surface area (Å²) < 4.78 is 0. The van der Waals surface area contributed by atoms with Crippen LogP contribution in [0.1, 0.15) is 39.0 Å². The van der Waals surface area contributed by atoms with Gasteiger partial charge >= 0.3 is 0 Å². The Kier molecular flexibility index (Phi) is 6.37. The van der Waals surface area contributed by atoms with Gasteiger partial charge in [-0.3, -0.25) is 0 Å². The average Bonchev–Trinajstić information content (AvgIpc) is 2.25. The van der Waals surface area contributed by atoms with Gasteiger partial charge in [0.2, 0.25) is 0 Å².